The first-order valence-electron chi connectivity index (χ1n) is 7.42. The van der Waals surface area contributed by atoms with E-state index in [1.165, 1.54) is 18.4 Å². The largest absolute Gasteiger partial charge is 0.453 e. The van der Waals surface area contributed by atoms with Crippen LogP contribution in [-0.4, -0.2) is 42.9 Å². The molecule has 2 rings (SSSR count). The van der Waals surface area contributed by atoms with Crippen molar-refractivity contribution in [3.63, 3.8) is 0 Å². The lowest BCUT2D eigenvalue weighted by atomic mass is 9.86. The van der Waals surface area contributed by atoms with Gasteiger partial charge < -0.3 is 15.0 Å². The van der Waals surface area contributed by atoms with Crippen LogP contribution in [0, 0.1) is 0 Å². The number of hydrogen-bond acceptors (Lipinski definition) is 6. The van der Waals surface area contributed by atoms with Crippen molar-refractivity contribution in [2.75, 3.05) is 20.2 Å². The average molecular weight is 357 g/mol. The molecule has 1 aromatic heterocycles. The van der Waals surface area contributed by atoms with Crippen LogP contribution in [0.4, 0.5) is 4.79 Å². The summed E-state index contributed by atoms with van der Waals surface area (Å²) in [6, 6.07) is 0. The highest BCUT2D eigenvalue weighted by molar-refractivity contribution is 7.14. The van der Waals surface area contributed by atoms with Crippen molar-refractivity contribution in [1.82, 2.24) is 15.2 Å². The summed E-state index contributed by atoms with van der Waals surface area (Å²) in [4.78, 5) is 22.4. The number of amides is 1. The van der Waals surface area contributed by atoms with Crippen molar-refractivity contribution >= 4 is 35.7 Å². The van der Waals surface area contributed by atoms with Gasteiger partial charge in [-0.15, -0.1) is 11.3 Å². The van der Waals surface area contributed by atoms with Gasteiger partial charge in [0.15, 0.2) is 4.47 Å². The first kappa shape index (κ1) is 17.7. The zero-order valence-corrected chi connectivity index (χ0v) is 14.9. The second kappa shape index (κ2) is 7.79. The molecule has 0 aliphatic carbocycles. The average Bonchev–Trinajstić information content (AvgIpc) is 3.00. The molecule has 0 saturated carbocycles. The minimum atomic E-state index is -0.621. The van der Waals surface area contributed by atoms with E-state index < -0.39 is 11.6 Å². The molecule has 126 valence electrons. The molecule has 1 atom stereocenters. The summed E-state index contributed by atoms with van der Waals surface area (Å²) in [5.74, 6) is 0. The van der Waals surface area contributed by atoms with Crippen LogP contribution in [0.3, 0.4) is 0 Å². The van der Waals surface area contributed by atoms with E-state index >= 15 is 0 Å². The van der Waals surface area contributed by atoms with E-state index in [4.69, 9.17) is 16.3 Å². The highest BCUT2D eigenvalue weighted by Crippen LogP contribution is 2.35. The molecule has 1 saturated heterocycles. The third-order valence-corrected chi connectivity index (χ3v) is 4.97. The quantitative estimate of drug-likeness (QED) is 0.821. The van der Waals surface area contributed by atoms with E-state index in [-0.39, 0.29) is 0 Å². The fourth-order valence-electron chi connectivity index (χ4n) is 2.90. The van der Waals surface area contributed by atoms with Crippen LogP contribution in [0.5, 0.6) is 0 Å². The standard InChI is InChI=1S/C15H21ClN4O2S/c1-4-11(8-17-2)20-7-5-6-15(10-20,19-14(21)22-3)12-9-23-13(16)18-12/h8-9H,2,4-7,10H2,1,3H3,(H,19,21)/b11-8+. The highest BCUT2D eigenvalue weighted by Gasteiger charge is 2.41. The van der Waals surface area contributed by atoms with Crippen LogP contribution >= 0.6 is 22.9 Å². The molecule has 0 spiro atoms. The molecule has 1 N–H and O–H groups in total. The second-order valence-electron chi connectivity index (χ2n) is 5.37. The number of aliphatic imine (C=N–C) groups is 1. The van der Waals surface area contributed by atoms with Gasteiger partial charge >= 0.3 is 6.09 Å². The Morgan fingerprint density at radius 1 is 1.74 bits per heavy atom. The number of allylic oxidation sites excluding steroid dienone is 1. The number of thiazole rings is 1. The van der Waals surface area contributed by atoms with Gasteiger partial charge in [-0.05, 0) is 26.0 Å². The zero-order valence-electron chi connectivity index (χ0n) is 13.3. The minimum Gasteiger partial charge on any atom is -0.453 e. The second-order valence-corrected chi connectivity index (χ2v) is 6.81. The van der Waals surface area contributed by atoms with Crippen molar-refractivity contribution in [3.05, 3.63) is 27.4 Å². The number of halogens is 1. The summed E-state index contributed by atoms with van der Waals surface area (Å²) in [6.07, 6.45) is 3.82. The number of ether oxygens (including phenoxy) is 1. The predicted octanol–water partition coefficient (Wildman–Crippen LogP) is 3.40. The molecule has 6 nitrogen and oxygen atoms in total. The molecule has 1 fully saturated rings. The summed E-state index contributed by atoms with van der Waals surface area (Å²) >= 11 is 7.36. The Bertz CT molecular complexity index is 604. The summed E-state index contributed by atoms with van der Waals surface area (Å²) < 4.78 is 5.27. The zero-order chi connectivity index (χ0) is 16.9. The molecule has 0 bridgehead atoms. The predicted molar refractivity (Wildman–Crippen MR) is 93.1 cm³/mol. The number of likely N-dealkylation sites (tertiary alicyclic amines) is 1. The summed E-state index contributed by atoms with van der Waals surface area (Å²) in [5.41, 5.74) is 1.23. The fraction of sp³-hybridized carbons (Fsp3) is 0.533. The topological polar surface area (TPSA) is 66.8 Å². The minimum absolute atomic E-state index is 0.460. The molecule has 2 heterocycles. The number of alkyl carbamates (subject to hydrolysis) is 1. The smallest absolute Gasteiger partial charge is 0.407 e. The Hall–Kier alpha value is -1.60. The molecule has 1 unspecified atom stereocenters. The molecule has 1 amide bonds. The van der Waals surface area contributed by atoms with E-state index in [0.29, 0.717) is 11.0 Å². The molecule has 0 radical (unpaired) electrons. The van der Waals surface area contributed by atoms with Crippen LogP contribution < -0.4 is 5.32 Å². The van der Waals surface area contributed by atoms with E-state index in [1.807, 2.05) is 5.38 Å². The number of carbonyl (C=O) groups is 1. The van der Waals surface area contributed by atoms with Gasteiger partial charge in [0.05, 0.1) is 12.8 Å². The SMILES string of the molecule is C=N/C=C(\CC)N1CCCC(NC(=O)OC)(c2csc(Cl)n2)C1. The number of carbonyl (C=O) groups excluding carboxylic acids is 1. The maximum atomic E-state index is 11.9. The third kappa shape index (κ3) is 4.03. The Morgan fingerprint density at radius 3 is 3.09 bits per heavy atom. The maximum Gasteiger partial charge on any atom is 0.407 e. The van der Waals surface area contributed by atoms with E-state index in [0.717, 1.165) is 37.2 Å². The molecule has 23 heavy (non-hydrogen) atoms. The number of aromatic nitrogens is 1. The van der Waals surface area contributed by atoms with Gasteiger partial charge in [0.25, 0.3) is 0 Å². The molecule has 0 aromatic carbocycles. The molecular weight excluding hydrogens is 336 g/mol. The molecular formula is C15H21ClN4O2S. The number of piperidine rings is 1. The summed E-state index contributed by atoms with van der Waals surface area (Å²) in [6.45, 7) is 7.10. The van der Waals surface area contributed by atoms with Crippen LogP contribution in [0.2, 0.25) is 4.47 Å². The van der Waals surface area contributed by atoms with Crippen LogP contribution in [0.1, 0.15) is 31.9 Å². The first-order valence-corrected chi connectivity index (χ1v) is 8.68. The molecule has 1 aliphatic heterocycles. The number of hydrogen-bond donors (Lipinski definition) is 1. The van der Waals surface area contributed by atoms with Crippen LogP contribution in [-0.2, 0) is 10.3 Å². The Labute approximate surface area is 145 Å². The number of methoxy groups -OCH3 is 1. The Balaban J connectivity index is 2.35. The lowest BCUT2D eigenvalue weighted by Gasteiger charge is -2.43. The summed E-state index contributed by atoms with van der Waals surface area (Å²) in [5, 5.41) is 4.86. The fourth-order valence-corrected chi connectivity index (χ4v) is 3.76. The molecule has 1 aromatic rings. The van der Waals surface area contributed by atoms with Crippen LogP contribution in [0.25, 0.3) is 0 Å². The third-order valence-electron chi connectivity index (χ3n) is 3.99. The van der Waals surface area contributed by atoms with Crippen molar-refractivity contribution in [3.8, 4) is 0 Å². The van der Waals surface area contributed by atoms with Gasteiger partial charge in [0, 0.05) is 30.4 Å². The van der Waals surface area contributed by atoms with Crippen molar-refractivity contribution in [2.45, 2.75) is 31.7 Å². The van der Waals surface area contributed by atoms with Gasteiger partial charge in [-0.3, -0.25) is 4.99 Å². The number of nitrogens with one attached hydrogen (secondary N) is 1. The van der Waals surface area contributed by atoms with Crippen molar-refractivity contribution < 1.29 is 9.53 Å². The Morgan fingerprint density at radius 2 is 2.52 bits per heavy atom. The van der Waals surface area contributed by atoms with E-state index in [9.17, 15) is 4.79 Å². The monoisotopic (exact) mass is 356 g/mol. The lowest BCUT2D eigenvalue weighted by molar-refractivity contribution is 0.116. The van der Waals surface area contributed by atoms with Gasteiger partial charge in [0.1, 0.15) is 5.54 Å². The van der Waals surface area contributed by atoms with E-state index in [1.54, 1.807) is 6.20 Å². The Kier molecular flexibility index (Phi) is 6.01. The normalized spacial score (nSPS) is 21.9. The molecule has 8 heteroatoms. The van der Waals surface area contributed by atoms with Crippen LogP contribution in [0.15, 0.2) is 22.3 Å². The van der Waals surface area contributed by atoms with Crippen molar-refractivity contribution in [2.24, 2.45) is 4.99 Å². The number of nitrogens with zero attached hydrogens (tertiary/aromatic N) is 3. The number of rotatable bonds is 5. The first-order chi connectivity index (χ1) is 11.0. The van der Waals surface area contributed by atoms with Gasteiger partial charge in [-0.25, -0.2) is 9.78 Å². The van der Waals surface area contributed by atoms with Gasteiger partial charge in [-0.1, -0.05) is 18.5 Å². The highest BCUT2D eigenvalue weighted by atomic mass is 35.5. The molecule has 1 aliphatic rings. The lowest BCUT2D eigenvalue weighted by Crippen LogP contribution is -2.56. The summed E-state index contributed by atoms with van der Waals surface area (Å²) in [7, 11) is 1.36. The maximum absolute atomic E-state index is 11.9. The van der Waals surface area contributed by atoms with Crippen molar-refractivity contribution in [1.29, 1.82) is 0 Å². The van der Waals surface area contributed by atoms with Gasteiger partial charge in [0.2, 0.25) is 0 Å². The van der Waals surface area contributed by atoms with Gasteiger partial charge in [-0.2, -0.15) is 0 Å². The van der Waals surface area contributed by atoms with E-state index in [2.05, 4.69) is 33.8 Å².